The Kier molecular flexibility index (Phi) is 5.60. The van der Waals surface area contributed by atoms with Gasteiger partial charge in [-0.25, -0.2) is 0 Å². The van der Waals surface area contributed by atoms with E-state index in [0.717, 1.165) is 5.69 Å². The van der Waals surface area contributed by atoms with Crippen molar-refractivity contribution in [2.45, 2.75) is 13.0 Å². The number of nitrogens with one attached hydrogen (secondary N) is 3. The third-order valence-electron chi connectivity index (χ3n) is 2.55. The third kappa shape index (κ3) is 4.46. The molecule has 102 valence electrons. The summed E-state index contributed by atoms with van der Waals surface area (Å²) < 4.78 is 0. The number of anilines is 1. The first-order chi connectivity index (χ1) is 9.08. The fraction of sp³-hybridized carbons (Fsp3) is 0.286. The molecule has 0 heterocycles. The quantitative estimate of drug-likeness (QED) is 0.673. The van der Waals surface area contributed by atoms with Crippen LogP contribution in [0.25, 0.3) is 0 Å². The van der Waals surface area contributed by atoms with Crippen LogP contribution in [0, 0.1) is 0 Å². The van der Waals surface area contributed by atoms with Crippen molar-refractivity contribution in [1.82, 2.24) is 10.6 Å². The number of rotatable bonds is 6. The van der Waals surface area contributed by atoms with Gasteiger partial charge in [0.05, 0.1) is 0 Å². The first kappa shape index (κ1) is 14.8. The molecule has 0 radical (unpaired) electrons. The van der Waals surface area contributed by atoms with Crippen LogP contribution in [0.1, 0.15) is 17.3 Å². The first-order valence-corrected chi connectivity index (χ1v) is 6.05. The first-order valence-electron chi connectivity index (χ1n) is 6.05. The van der Waals surface area contributed by atoms with Crippen molar-refractivity contribution in [3.63, 3.8) is 0 Å². The summed E-state index contributed by atoms with van der Waals surface area (Å²) in [6.45, 7) is 5.73. The van der Waals surface area contributed by atoms with Crippen molar-refractivity contribution in [3.05, 3.63) is 42.5 Å². The standard InChI is InChI=1S/C14H19N3O2/c1-4-8-16-13(18)10(2)17-12-7-5-6-11(9-12)14(19)15-3/h4-7,9-10,17H,1,8H2,2-3H3,(H,15,19)(H,16,18). The highest BCUT2D eigenvalue weighted by Crippen LogP contribution is 2.11. The highest BCUT2D eigenvalue weighted by Gasteiger charge is 2.12. The summed E-state index contributed by atoms with van der Waals surface area (Å²) >= 11 is 0. The number of carbonyl (C=O) groups excluding carboxylic acids is 2. The zero-order chi connectivity index (χ0) is 14.3. The maximum atomic E-state index is 11.7. The average Bonchev–Trinajstić information content (AvgIpc) is 2.44. The van der Waals surface area contributed by atoms with Crippen LogP contribution in [0.3, 0.4) is 0 Å². The molecule has 0 spiro atoms. The molecule has 5 heteroatoms. The second kappa shape index (κ2) is 7.20. The second-order valence-electron chi connectivity index (χ2n) is 4.06. The van der Waals surface area contributed by atoms with Gasteiger partial charge in [-0.05, 0) is 25.1 Å². The zero-order valence-corrected chi connectivity index (χ0v) is 11.2. The van der Waals surface area contributed by atoms with E-state index in [1.807, 2.05) is 6.07 Å². The molecule has 0 fully saturated rings. The molecule has 2 amide bonds. The minimum atomic E-state index is -0.389. The topological polar surface area (TPSA) is 70.2 Å². The van der Waals surface area contributed by atoms with Crippen molar-refractivity contribution in [1.29, 1.82) is 0 Å². The van der Waals surface area contributed by atoms with E-state index < -0.39 is 0 Å². The highest BCUT2D eigenvalue weighted by molar-refractivity contribution is 5.95. The van der Waals surface area contributed by atoms with Gasteiger partial charge in [0.2, 0.25) is 5.91 Å². The van der Waals surface area contributed by atoms with E-state index in [2.05, 4.69) is 22.5 Å². The van der Waals surface area contributed by atoms with Gasteiger partial charge in [-0.2, -0.15) is 0 Å². The molecule has 1 aromatic rings. The molecular formula is C14H19N3O2. The Hall–Kier alpha value is -2.30. The molecule has 1 atom stereocenters. The Bertz CT molecular complexity index is 472. The molecule has 0 aliphatic rings. The van der Waals surface area contributed by atoms with E-state index in [1.54, 1.807) is 38.2 Å². The number of carbonyl (C=O) groups is 2. The molecule has 3 N–H and O–H groups in total. The molecule has 1 aromatic carbocycles. The number of amides is 2. The Balaban J connectivity index is 2.68. The molecule has 0 aromatic heterocycles. The molecule has 1 unspecified atom stereocenters. The zero-order valence-electron chi connectivity index (χ0n) is 11.2. The Morgan fingerprint density at radius 2 is 2.16 bits per heavy atom. The van der Waals surface area contributed by atoms with E-state index in [0.29, 0.717) is 12.1 Å². The van der Waals surface area contributed by atoms with Gasteiger partial charge in [-0.1, -0.05) is 12.1 Å². The predicted octanol–water partition coefficient (Wildman–Crippen LogP) is 1.15. The summed E-state index contributed by atoms with van der Waals surface area (Å²) in [7, 11) is 1.58. The van der Waals surface area contributed by atoms with Crippen molar-refractivity contribution in [2.75, 3.05) is 18.9 Å². The predicted molar refractivity (Wildman–Crippen MR) is 76.1 cm³/mol. The van der Waals surface area contributed by atoms with Gasteiger partial charge < -0.3 is 16.0 Å². The second-order valence-corrected chi connectivity index (χ2v) is 4.06. The number of hydrogen-bond acceptors (Lipinski definition) is 3. The van der Waals surface area contributed by atoms with Crippen molar-refractivity contribution >= 4 is 17.5 Å². The third-order valence-corrected chi connectivity index (χ3v) is 2.55. The summed E-state index contributed by atoms with van der Waals surface area (Å²) in [4.78, 5) is 23.2. The van der Waals surface area contributed by atoms with Crippen LogP contribution >= 0.6 is 0 Å². The molecule has 0 saturated carbocycles. The number of benzene rings is 1. The molecule has 0 aliphatic carbocycles. The van der Waals surface area contributed by atoms with Gasteiger partial charge in [0.25, 0.3) is 5.91 Å². The van der Waals surface area contributed by atoms with Crippen LogP contribution in [0.4, 0.5) is 5.69 Å². The van der Waals surface area contributed by atoms with Crippen LogP contribution in [0.5, 0.6) is 0 Å². The summed E-state index contributed by atoms with van der Waals surface area (Å²) in [6.07, 6.45) is 1.62. The molecule has 0 saturated heterocycles. The van der Waals surface area contributed by atoms with Crippen molar-refractivity contribution in [2.24, 2.45) is 0 Å². The molecule has 0 bridgehead atoms. The SMILES string of the molecule is C=CCNC(=O)C(C)Nc1cccc(C(=O)NC)c1. The van der Waals surface area contributed by atoms with Crippen LogP contribution in [-0.4, -0.2) is 31.4 Å². The monoisotopic (exact) mass is 261 g/mol. The smallest absolute Gasteiger partial charge is 0.251 e. The van der Waals surface area contributed by atoms with E-state index >= 15 is 0 Å². The minimum Gasteiger partial charge on any atom is -0.374 e. The van der Waals surface area contributed by atoms with Crippen LogP contribution in [0.2, 0.25) is 0 Å². The minimum absolute atomic E-state index is 0.120. The van der Waals surface area contributed by atoms with Gasteiger partial charge in [0.15, 0.2) is 0 Å². The Morgan fingerprint density at radius 3 is 2.79 bits per heavy atom. The Morgan fingerprint density at radius 1 is 1.42 bits per heavy atom. The summed E-state index contributed by atoms with van der Waals surface area (Å²) in [5.74, 6) is -0.280. The van der Waals surface area contributed by atoms with E-state index in [4.69, 9.17) is 0 Å². The lowest BCUT2D eigenvalue weighted by Gasteiger charge is -2.15. The van der Waals surface area contributed by atoms with Gasteiger partial charge >= 0.3 is 0 Å². The van der Waals surface area contributed by atoms with Crippen LogP contribution in [-0.2, 0) is 4.79 Å². The lowest BCUT2D eigenvalue weighted by molar-refractivity contribution is -0.121. The maximum Gasteiger partial charge on any atom is 0.251 e. The lowest BCUT2D eigenvalue weighted by atomic mass is 10.1. The van der Waals surface area contributed by atoms with Crippen molar-refractivity contribution < 1.29 is 9.59 Å². The molecular weight excluding hydrogens is 242 g/mol. The fourth-order valence-electron chi connectivity index (χ4n) is 1.54. The summed E-state index contributed by atoms with van der Waals surface area (Å²) in [5.41, 5.74) is 1.27. The van der Waals surface area contributed by atoms with Crippen LogP contribution in [0.15, 0.2) is 36.9 Å². The van der Waals surface area contributed by atoms with Gasteiger partial charge in [0, 0.05) is 24.8 Å². The molecule has 19 heavy (non-hydrogen) atoms. The highest BCUT2D eigenvalue weighted by atomic mass is 16.2. The maximum absolute atomic E-state index is 11.7. The van der Waals surface area contributed by atoms with Crippen LogP contribution < -0.4 is 16.0 Å². The van der Waals surface area contributed by atoms with Gasteiger partial charge in [-0.15, -0.1) is 6.58 Å². The van der Waals surface area contributed by atoms with Crippen molar-refractivity contribution in [3.8, 4) is 0 Å². The fourth-order valence-corrected chi connectivity index (χ4v) is 1.54. The van der Waals surface area contributed by atoms with E-state index in [9.17, 15) is 9.59 Å². The lowest BCUT2D eigenvalue weighted by Crippen LogP contribution is -2.37. The average molecular weight is 261 g/mol. The normalized spacial score (nSPS) is 11.3. The molecule has 0 aliphatic heterocycles. The number of hydrogen-bond donors (Lipinski definition) is 3. The molecule has 1 rings (SSSR count). The summed E-state index contributed by atoms with van der Waals surface area (Å²) in [5, 5.41) is 8.30. The van der Waals surface area contributed by atoms with E-state index in [-0.39, 0.29) is 17.9 Å². The largest absolute Gasteiger partial charge is 0.374 e. The van der Waals surface area contributed by atoms with Gasteiger partial charge in [-0.3, -0.25) is 9.59 Å². The Labute approximate surface area is 113 Å². The molecule has 5 nitrogen and oxygen atoms in total. The van der Waals surface area contributed by atoms with E-state index in [1.165, 1.54) is 0 Å². The van der Waals surface area contributed by atoms with Gasteiger partial charge in [0.1, 0.15) is 6.04 Å². The summed E-state index contributed by atoms with van der Waals surface area (Å²) in [6, 6.07) is 6.60.